The van der Waals surface area contributed by atoms with Crippen LogP contribution in [-0.2, 0) is 9.59 Å². The van der Waals surface area contributed by atoms with Crippen molar-refractivity contribution in [1.82, 2.24) is 10.2 Å². The molecule has 3 fully saturated rings. The molecule has 2 saturated carbocycles. The molecule has 19 heavy (non-hydrogen) atoms. The van der Waals surface area contributed by atoms with Crippen molar-refractivity contribution in [2.45, 2.75) is 64.0 Å². The third kappa shape index (κ3) is 2.37. The van der Waals surface area contributed by atoms with Crippen LogP contribution in [-0.4, -0.2) is 34.8 Å². The van der Waals surface area contributed by atoms with Crippen molar-refractivity contribution < 1.29 is 9.59 Å². The second kappa shape index (κ2) is 4.50. The lowest BCUT2D eigenvalue weighted by Gasteiger charge is -2.36. The van der Waals surface area contributed by atoms with Gasteiger partial charge >= 0.3 is 0 Å². The molecule has 1 N–H and O–H groups in total. The fraction of sp³-hybridized carbons (Fsp3) is 0.867. The molecule has 4 heteroatoms. The Bertz CT molecular complexity index is 389. The van der Waals surface area contributed by atoms with Crippen molar-refractivity contribution >= 4 is 11.8 Å². The zero-order valence-corrected chi connectivity index (χ0v) is 11.9. The van der Waals surface area contributed by atoms with E-state index in [1.165, 1.54) is 25.7 Å². The predicted octanol–water partition coefficient (Wildman–Crippen LogP) is 1.69. The van der Waals surface area contributed by atoms with Gasteiger partial charge in [-0.15, -0.1) is 0 Å². The standard InChI is InChI=1S/C15H24N2O2/c1-3-15(2)14(19)17(9-8-12(18)16-15)13(10-4-5-10)11-6-7-11/h10-11,13H,3-9H2,1-2H3,(H,16,18). The topological polar surface area (TPSA) is 49.4 Å². The molecule has 1 unspecified atom stereocenters. The highest BCUT2D eigenvalue weighted by molar-refractivity contribution is 5.93. The Morgan fingerprint density at radius 1 is 1.26 bits per heavy atom. The van der Waals surface area contributed by atoms with E-state index in [1.54, 1.807) is 0 Å². The summed E-state index contributed by atoms with van der Waals surface area (Å²) in [4.78, 5) is 26.8. The molecule has 0 bridgehead atoms. The van der Waals surface area contributed by atoms with Gasteiger partial charge in [-0.1, -0.05) is 6.92 Å². The van der Waals surface area contributed by atoms with Gasteiger partial charge in [0.05, 0.1) is 0 Å². The summed E-state index contributed by atoms with van der Waals surface area (Å²) in [6.45, 7) is 4.46. The van der Waals surface area contributed by atoms with E-state index < -0.39 is 5.54 Å². The maximum atomic E-state index is 12.9. The van der Waals surface area contributed by atoms with Gasteiger partial charge in [0.25, 0.3) is 0 Å². The molecule has 0 aromatic rings. The lowest BCUT2D eigenvalue weighted by atomic mass is 9.95. The van der Waals surface area contributed by atoms with Gasteiger partial charge in [-0.25, -0.2) is 0 Å². The molecule has 2 aliphatic carbocycles. The lowest BCUT2D eigenvalue weighted by molar-refractivity contribution is -0.141. The molecule has 1 aliphatic heterocycles. The minimum Gasteiger partial charge on any atom is -0.342 e. The summed E-state index contributed by atoms with van der Waals surface area (Å²) in [5.41, 5.74) is -0.699. The molecule has 1 heterocycles. The van der Waals surface area contributed by atoms with Gasteiger partial charge in [-0.05, 0) is 50.9 Å². The molecule has 3 rings (SSSR count). The van der Waals surface area contributed by atoms with E-state index in [2.05, 4.69) is 10.2 Å². The third-order valence-corrected chi connectivity index (χ3v) is 5.00. The fourth-order valence-corrected chi connectivity index (χ4v) is 3.36. The zero-order valence-electron chi connectivity index (χ0n) is 11.9. The Balaban J connectivity index is 1.85. The summed E-state index contributed by atoms with van der Waals surface area (Å²) in [6.07, 6.45) is 6.15. The Hall–Kier alpha value is -1.06. The molecule has 0 aromatic carbocycles. The molecule has 0 aromatic heterocycles. The molecule has 2 amide bonds. The number of hydrogen-bond acceptors (Lipinski definition) is 2. The summed E-state index contributed by atoms with van der Waals surface area (Å²) in [7, 11) is 0. The van der Waals surface area contributed by atoms with Crippen LogP contribution in [0.3, 0.4) is 0 Å². The minimum absolute atomic E-state index is 0.0190. The Kier molecular flexibility index (Phi) is 3.06. The second-order valence-corrected chi connectivity index (χ2v) is 6.65. The number of amides is 2. The molecular formula is C15H24N2O2. The highest BCUT2D eigenvalue weighted by Crippen LogP contribution is 2.47. The first-order valence-electron chi connectivity index (χ1n) is 7.67. The van der Waals surface area contributed by atoms with E-state index in [0.717, 1.165) is 0 Å². The van der Waals surface area contributed by atoms with Crippen LogP contribution in [0.15, 0.2) is 0 Å². The maximum Gasteiger partial charge on any atom is 0.248 e. The first kappa shape index (κ1) is 12.9. The zero-order chi connectivity index (χ0) is 13.6. The Morgan fingerprint density at radius 2 is 1.84 bits per heavy atom. The molecule has 0 radical (unpaired) electrons. The van der Waals surface area contributed by atoms with Gasteiger partial charge in [0.2, 0.25) is 11.8 Å². The number of rotatable bonds is 4. The van der Waals surface area contributed by atoms with Gasteiger partial charge in [0.1, 0.15) is 5.54 Å². The summed E-state index contributed by atoms with van der Waals surface area (Å²) in [5, 5.41) is 2.93. The first-order chi connectivity index (χ1) is 9.05. The molecule has 1 saturated heterocycles. The highest BCUT2D eigenvalue weighted by atomic mass is 16.2. The summed E-state index contributed by atoms with van der Waals surface area (Å²) < 4.78 is 0. The Morgan fingerprint density at radius 3 is 2.32 bits per heavy atom. The molecular weight excluding hydrogens is 240 g/mol. The summed E-state index contributed by atoms with van der Waals surface area (Å²) >= 11 is 0. The molecule has 106 valence electrons. The van der Waals surface area contributed by atoms with Gasteiger partial charge in [-0.2, -0.15) is 0 Å². The number of carbonyl (C=O) groups is 2. The van der Waals surface area contributed by atoms with Gasteiger partial charge in [-0.3, -0.25) is 9.59 Å². The minimum atomic E-state index is -0.699. The first-order valence-corrected chi connectivity index (χ1v) is 7.67. The van der Waals surface area contributed by atoms with Crippen LogP contribution in [0.5, 0.6) is 0 Å². The van der Waals surface area contributed by atoms with Crippen LogP contribution < -0.4 is 5.32 Å². The van der Waals surface area contributed by atoms with Crippen LogP contribution in [0, 0.1) is 11.8 Å². The number of hydrogen-bond donors (Lipinski definition) is 1. The second-order valence-electron chi connectivity index (χ2n) is 6.65. The van der Waals surface area contributed by atoms with Gasteiger partial charge in [0, 0.05) is 19.0 Å². The molecule has 0 spiro atoms. The highest BCUT2D eigenvalue weighted by Gasteiger charge is 2.50. The van der Waals surface area contributed by atoms with E-state index >= 15 is 0 Å². The van der Waals surface area contributed by atoms with Crippen molar-refractivity contribution in [1.29, 1.82) is 0 Å². The maximum absolute atomic E-state index is 12.9. The average Bonchev–Trinajstić information content (AvgIpc) is 3.25. The SMILES string of the molecule is CCC1(C)NC(=O)CCN(C(C2CC2)C2CC2)C1=O. The van der Waals surface area contributed by atoms with E-state index in [1.807, 2.05) is 13.8 Å². The van der Waals surface area contributed by atoms with Crippen LogP contribution in [0.2, 0.25) is 0 Å². The fourth-order valence-electron chi connectivity index (χ4n) is 3.36. The predicted molar refractivity (Wildman–Crippen MR) is 72.4 cm³/mol. The van der Waals surface area contributed by atoms with E-state index in [4.69, 9.17) is 0 Å². The van der Waals surface area contributed by atoms with Crippen LogP contribution in [0.1, 0.15) is 52.4 Å². The quantitative estimate of drug-likeness (QED) is 0.840. The number of carbonyl (C=O) groups excluding carboxylic acids is 2. The van der Waals surface area contributed by atoms with Crippen LogP contribution >= 0.6 is 0 Å². The van der Waals surface area contributed by atoms with E-state index in [0.29, 0.717) is 37.3 Å². The average molecular weight is 264 g/mol. The monoisotopic (exact) mass is 264 g/mol. The normalized spacial score (nSPS) is 32.5. The van der Waals surface area contributed by atoms with Crippen LogP contribution in [0.25, 0.3) is 0 Å². The van der Waals surface area contributed by atoms with Crippen molar-refractivity contribution in [3.63, 3.8) is 0 Å². The largest absolute Gasteiger partial charge is 0.342 e. The van der Waals surface area contributed by atoms with Gasteiger partial charge in [0.15, 0.2) is 0 Å². The Labute approximate surface area is 114 Å². The van der Waals surface area contributed by atoms with Crippen LogP contribution in [0.4, 0.5) is 0 Å². The molecule has 1 atom stereocenters. The molecule has 3 aliphatic rings. The number of nitrogens with one attached hydrogen (secondary N) is 1. The lowest BCUT2D eigenvalue weighted by Crippen LogP contribution is -2.57. The van der Waals surface area contributed by atoms with Crippen molar-refractivity contribution in [3.05, 3.63) is 0 Å². The summed E-state index contributed by atoms with van der Waals surface area (Å²) in [6, 6.07) is 0.408. The van der Waals surface area contributed by atoms with Gasteiger partial charge < -0.3 is 10.2 Å². The van der Waals surface area contributed by atoms with Crippen molar-refractivity contribution in [3.8, 4) is 0 Å². The third-order valence-electron chi connectivity index (χ3n) is 5.00. The number of nitrogens with zero attached hydrogens (tertiary/aromatic N) is 1. The summed E-state index contributed by atoms with van der Waals surface area (Å²) in [5.74, 6) is 1.56. The molecule has 4 nitrogen and oxygen atoms in total. The van der Waals surface area contributed by atoms with E-state index in [-0.39, 0.29) is 11.8 Å². The van der Waals surface area contributed by atoms with E-state index in [9.17, 15) is 9.59 Å². The van der Waals surface area contributed by atoms with Crippen molar-refractivity contribution in [2.24, 2.45) is 11.8 Å². The smallest absolute Gasteiger partial charge is 0.248 e. The van der Waals surface area contributed by atoms with Crippen molar-refractivity contribution in [2.75, 3.05) is 6.54 Å².